The number of benzene rings is 2. The normalized spacial score (nSPS) is 10.8. The van der Waals surface area contributed by atoms with Gasteiger partial charge in [0.15, 0.2) is 0 Å². The molecule has 0 aromatic heterocycles. The van der Waals surface area contributed by atoms with Crippen molar-refractivity contribution in [2.45, 2.75) is 11.8 Å². The van der Waals surface area contributed by atoms with Crippen molar-refractivity contribution in [1.29, 1.82) is 0 Å². The lowest BCUT2D eigenvalue weighted by molar-refractivity contribution is -0.432. The molecule has 6 heteroatoms. The van der Waals surface area contributed by atoms with Gasteiger partial charge in [-0.15, -0.1) is 4.33 Å². The summed E-state index contributed by atoms with van der Waals surface area (Å²) in [5.41, 5.74) is 1.61. The molecular weight excluding hydrogens is 254 g/mol. The van der Waals surface area contributed by atoms with Gasteiger partial charge in [0.05, 0.1) is 12.0 Å². The lowest BCUT2D eigenvalue weighted by atomic mass is 10.1. The highest BCUT2D eigenvalue weighted by Gasteiger charge is 2.11. The van der Waals surface area contributed by atoms with Crippen molar-refractivity contribution in [3.8, 4) is 5.75 Å². The smallest absolute Gasteiger partial charge is 0.127 e. The minimum absolute atomic E-state index is 0.194. The molecule has 96 valence electrons. The van der Waals surface area contributed by atoms with Gasteiger partial charge >= 0.3 is 0 Å². The van der Waals surface area contributed by atoms with Crippen LogP contribution in [0.25, 0.3) is 10.8 Å². The van der Waals surface area contributed by atoms with E-state index in [1.54, 1.807) is 6.92 Å². The lowest BCUT2D eigenvalue weighted by Gasteiger charge is -2.10. The van der Waals surface area contributed by atoms with Crippen molar-refractivity contribution in [3.05, 3.63) is 29.8 Å². The fraction of sp³-hybridized carbons (Fsp3) is 0.167. The molecule has 0 spiro atoms. The fourth-order valence-corrected chi connectivity index (χ4v) is 2.26. The monoisotopic (exact) mass is 267 g/mol. The highest BCUT2D eigenvalue weighted by Crippen LogP contribution is 2.37. The Hall–Kier alpha value is -1.47. The molecule has 0 aliphatic heterocycles. The van der Waals surface area contributed by atoms with Crippen LogP contribution in [0.4, 0.5) is 5.69 Å². The molecule has 18 heavy (non-hydrogen) atoms. The van der Waals surface area contributed by atoms with Crippen LogP contribution < -0.4 is 5.32 Å². The van der Waals surface area contributed by atoms with E-state index in [1.165, 1.54) is 0 Å². The van der Waals surface area contributed by atoms with Crippen molar-refractivity contribution in [2.75, 3.05) is 12.4 Å². The van der Waals surface area contributed by atoms with Crippen LogP contribution in [-0.2, 0) is 9.37 Å². The fourth-order valence-electron chi connectivity index (χ4n) is 1.76. The second-order valence-corrected chi connectivity index (χ2v) is 4.50. The van der Waals surface area contributed by atoms with E-state index in [0.717, 1.165) is 28.5 Å². The first-order valence-corrected chi connectivity index (χ1v) is 6.00. The highest BCUT2D eigenvalue weighted by molar-refractivity contribution is 7.94. The van der Waals surface area contributed by atoms with Crippen molar-refractivity contribution in [2.24, 2.45) is 0 Å². The van der Waals surface area contributed by atoms with E-state index >= 15 is 0 Å². The van der Waals surface area contributed by atoms with Gasteiger partial charge in [-0.2, -0.15) is 0 Å². The number of aromatic hydroxyl groups is 1. The average molecular weight is 267 g/mol. The summed E-state index contributed by atoms with van der Waals surface area (Å²) in [4.78, 5) is 0.669. The SMILES string of the molecule is CNc1ccc2c(O)c(C)c(SOOO)cc2c1. The quantitative estimate of drug-likeness (QED) is 0.448. The predicted octanol–water partition coefficient (Wildman–Crippen LogP) is 3.32. The van der Waals surface area contributed by atoms with Gasteiger partial charge in [0.25, 0.3) is 0 Å². The molecule has 0 aliphatic carbocycles. The highest BCUT2D eigenvalue weighted by atomic mass is 32.2. The van der Waals surface area contributed by atoms with Gasteiger partial charge < -0.3 is 10.4 Å². The van der Waals surface area contributed by atoms with E-state index in [1.807, 2.05) is 31.3 Å². The number of anilines is 1. The maximum atomic E-state index is 10.1. The molecule has 0 heterocycles. The number of rotatable bonds is 4. The second-order valence-electron chi connectivity index (χ2n) is 3.76. The van der Waals surface area contributed by atoms with Crippen molar-refractivity contribution in [1.82, 2.24) is 0 Å². The maximum Gasteiger partial charge on any atom is 0.127 e. The zero-order chi connectivity index (χ0) is 13.1. The van der Waals surface area contributed by atoms with Crippen LogP contribution >= 0.6 is 12.0 Å². The molecule has 0 unspecified atom stereocenters. The zero-order valence-corrected chi connectivity index (χ0v) is 10.7. The Bertz CT molecular complexity index is 573. The predicted molar refractivity (Wildman–Crippen MR) is 70.6 cm³/mol. The summed E-state index contributed by atoms with van der Waals surface area (Å²) in [6, 6.07) is 7.51. The molecule has 0 saturated carbocycles. The summed E-state index contributed by atoms with van der Waals surface area (Å²) < 4.78 is 4.41. The molecule has 3 N–H and O–H groups in total. The molecule has 0 aliphatic rings. The number of phenols is 1. The van der Waals surface area contributed by atoms with Gasteiger partial charge in [-0.05, 0) is 36.6 Å². The third-order valence-corrected chi connectivity index (χ3v) is 3.49. The second kappa shape index (κ2) is 5.45. The first-order chi connectivity index (χ1) is 8.67. The third kappa shape index (κ3) is 2.37. The molecular formula is C12H13NO4S. The molecule has 0 bridgehead atoms. The first kappa shape index (κ1) is 13.0. The van der Waals surface area contributed by atoms with Gasteiger partial charge in [-0.3, -0.25) is 0 Å². The summed E-state index contributed by atoms with van der Waals surface area (Å²) in [6.07, 6.45) is 0. The molecule has 0 radical (unpaired) electrons. The number of phenolic OH excluding ortho intramolecular Hbond substituents is 1. The number of hydrogen-bond acceptors (Lipinski definition) is 6. The van der Waals surface area contributed by atoms with Crippen molar-refractivity contribution < 1.29 is 19.7 Å². The average Bonchev–Trinajstić information content (AvgIpc) is 2.40. The Morgan fingerprint density at radius 1 is 1.28 bits per heavy atom. The standard InChI is InChI=1S/C12H13NO4S/c1-7-11(18-17-16-15)6-8-5-9(13-2)3-4-10(8)12(7)14/h3-6,13-15H,1-2H3. The molecule has 0 amide bonds. The third-order valence-electron chi connectivity index (χ3n) is 2.76. The lowest BCUT2D eigenvalue weighted by Crippen LogP contribution is -1.90. The molecule has 0 saturated heterocycles. The minimum Gasteiger partial charge on any atom is -0.507 e. The largest absolute Gasteiger partial charge is 0.507 e. The molecule has 2 rings (SSSR count). The van der Waals surface area contributed by atoms with Crippen LogP contribution in [0.1, 0.15) is 5.56 Å². The minimum atomic E-state index is 0.194. The van der Waals surface area contributed by atoms with Crippen LogP contribution in [0, 0.1) is 6.92 Å². The van der Waals surface area contributed by atoms with Crippen LogP contribution in [0.3, 0.4) is 0 Å². The van der Waals surface area contributed by atoms with Crippen LogP contribution in [0.2, 0.25) is 0 Å². The van der Waals surface area contributed by atoms with E-state index in [4.69, 9.17) is 5.26 Å². The number of hydrogen-bond donors (Lipinski definition) is 3. The molecule has 5 nitrogen and oxygen atoms in total. The first-order valence-electron chi connectivity index (χ1n) is 5.26. The van der Waals surface area contributed by atoms with Crippen molar-refractivity contribution in [3.63, 3.8) is 0 Å². The number of nitrogens with one attached hydrogen (secondary N) is 1. The Labute approximate surface area is 108 Å². The summed E-state index contributed by atoms with van der Waals surface area (Å²) in [6.45, 7) is 1.77. The van der Waals surface area contributed by atoms with Gasteiger partial charge in [0.2, 0.25) is 0 Å². The van der Waals surface area contributed by atoms with E-state index < -0.39 is 0 Å². The number of fused-ring (bicyclic) bond motifs is 1. The van der Waals surface area contributed by atoms with E-state index in [2.05, 4.69) is 14.7 Å². The summed E-state index contributed by atoms with van der Waals surface area (Å²) in [5, 5.41) is 26.5. The van der Waals surface area contributed by atoms with Gasteiger partial charge in [0, 0.05) is 28.6 Å². The van der Waals surface area contributed by atoms with Gasteiger partial charge in [0.1, 0.15) is 5.75 Å². The van der Waals surface area contributed by atoms with Crippen LogP contribution in [0.5, 0.6) is 5.75 Å². The van der Waals surface area contributed by atoms with Gasteiger partial charge in [-0.25, -0.2) is 5.26 Å². The molecule has 0 fully saturated rings. The van der Waals surface area contributed by atoms with Crippen molar-refractivity contribution >= 4 is 28.5 Å². The zero-order valence-electron chi connectivity index (χ0n) is 9.93. The van der Waals surface area contributed by atoms with Gasteiger partial charge in [-0.1, -0.05) is 5.04 Å². The Balaban J connectivity index is 2.56. The summed E-state index contributed by atoms with van der Waals surface area (Å²) >= 11 is 0.837. The molecule has 0 atom stereocenters. The summed E-state index contributed by atoms with van der Waals surface area (Å²) in [5.74, 6) is 0.194. The Morgan fingerprint density at radius 3 is 2.72 bits per heavy atom. The Morgan fingerprint density at radius 2 is 2.06 bits per heavy atom. The molecule has 2 aromatic carbocycles. The Kier molecular flexibility index (Phi) is 3.93. The van der Waals surface area contributed by atoms with E-state index in [0.29, 0.717) is 10.5 Å². The van der Waals surface area contributed by atoms with E-state index in [9.17, 15) is 5.11 Å². The van der Waals surface area contributed by atoms with Crippen LogP contribution in [-0.4, -0.2) is 17.4 Å². The summed E-state index contributed by atoms with van der Waals surface area (Å²) in [7, 11) is 1.83. The van der Waals surface area contributed by atoms with Crippen LogP contribution in [0.15, 0.2) is 29.2 Å². The van der Waals surface area contributed by atoms with E-state index in [-0.39, 0.29) is 5.75 Å². The maximum absolute atomic E-state index is 10.1. The molecule has 2 aromatic rings. The topological polar surface area (TPSA) is 71.0 Å².